The summed E-state index contributed by atoms with van der Waals surface area (Å²) in [4.78, 5) is 11.9. The fraction of sp³-hybridized carbons (Fsp3) is 0.615. The average Bonchev–Trinajstić information content (AvgIpc) is 2.26. The van der Waals surface area contributed by atoms with Crippen molar-refractivity contribution < 1.29 is 4.79 Å². The minimum absolute atomic E-state index is 0.0945. The molecule has 3 rings (SSSR count). The minimum atomic E-state index is 0.0945. The first kappa shape index (κ1) is 9.65. The van der Waals surface area contributed by atoms with Crippen molar-refractivity contribution >= 4 is 17.4 Å². The summed E-state index contributed by atoms with van der Waals surface area (Å²) in [5.41, 5.74) is 2.22. The highest BCUT2D eigenvalue weighted by Crippen LogP contribution is 2.47. The van der Waals surface area contributed by atoms with Crippen LogP contribution in [-0.2, 0) is 4.79 Å². The Morgan fingerprint density at radius 3 is 3.07 bits per heavy atom. The van der Waals surface area contributed by atoms with E-state index in [1.807, 2.05) is 6.08 Å². The Kier molecular flexibility index (Phi) is 2.24. The van der Waals surface area contributed by atoms with Gasteiger partial charge in [0.05, 0.1) is 5.38 Å². The van der Waals surface area contributed by atoms with Crippen LogP contribution in [0.1, 0.15) is 32.1 Å². The van der Waals surface area contributed by atoms with Crippen LogP contribution in [0.25, 0.3) is 0 Å². The monoisotopic (exact) mass is 222 g/mol. The van der Waals surface area contributed by atoms with Crippen molar-refractivity contribution in [3.05, 3.63) is 23.3 Å². The highest BCUT2D eigenvalue weighted by Gasteiger charge is 2.40. The first-order valence-corrected chi connectivity index (χ1v) is 6.29. The SMILES string of the molecule is O=C1CC=CC2=C1C1CCCC(C1)C2Cl. The molecule has 0 heterocycles. The highest BCUT2D eigenvalue weighted by atomic mass is 35.5. The highest BCUT2D eigenvalue weighted by molar-refractivity contribution is 6.23. The van der Waals surface area contributed by atoms with Gasteiger partial charge in [-0.15, -0.1) is 11.6 Å². The summed E-state index contributed by atoms with van der Waals surface area (Å²) in [6.45, 7) is 0. The van der Waals surface area contributed by atoms with E-state index >= 15 is 0 Å². The molecule has 3 aliphatic rings. The Morgan fingerprint density at radius 2 is 2.20 bits per heavy atom. The van der Waals surface area contributed by atoms with E-state index in [0.717, 1.165) is 17.6 Å². The fourth-order valence-electron chi connectivity index (χ4n) is 3.37. The third kappa shape index (κ3) is 1.40. The number of hydrogen-bond donors (Lipinski definition) is 0. The number of carbonyl (C=O) groups excluding carboxylic acids is 1. The van der Waals surface area contributed by atoms with Gasteiger partial charge in [-0.2, -0.15) is 0 Å². The minimum Gasteiger partial charge on any atom is -0.294 e. The van der Waals surface area contributed by atoms with Crippen molar-refractivity contribution in [2.45, 2.75) is 37.5 Å². The van der Waals surface area contributed by atoms with Crippen molar-refractivity contribution in [1.29, 1.82) is 0 Å². The lowest BCUT2D eigenvalue weighted by molar-refractivity contribution is -0.115. The van der Waals surface area contributed by atoms with Crippen LogP contribution in [0.4, 0.5) is 0 Å². The lowest BCUT2D eigenvalue weighted by Crippen LogP contribution is -2.35. The quantitative estimate of drug-likeness (QED) is 0.575. The Hall–Kier alpha value is -0.560. The van der Waals surface area contributed by atoms with Crippen molar-refractivity contribution in [3.8, 4) is 0 Å². The molecule has 0 N–H and O–H groups in total. The average molecular weight is 223 g/mol. The summed E-state index contributed by atoms with van der Waals surface area (Å²) in [7, 11) is 0. The number of fused-ring (bicyclic) bond motifs is 3. The summed E-state index contributed by atoms with van der Waals surface area (Å²) in [6, 6.07) is 0. The Labute approximate surface area is 95.2 Å². The fourth-order valence-corrected chi connectivity index (χ4v) is 3.79. The van der Waals surface area contributed by atoms with Crippen LogP contribution < -0.4 is 0 Å². The molecule has 3 atom stereocenters. The Balaban J connectivity index is 2.09. The lowest BCUT2D eigenvalue weighted by Gasteiger charge is -2.40. The van der Waals surface area contributed by atoms with E-state index in [-0.39, 0.29) is 5.38 Å². The molecular formula is C13H15ClO. The molecule has 1 nitrogen and oxygen atoms in total. The second-order valence-electron chi connectivity index (χ2n) is 4.92. The molecule has 0 aliphatic heterocycles. The maximum atomic E-state index is 11.9. The number of alkyl halides is 1. The van der Waals surface area contributed by atoms with Crippen LogP contribution in [0, 0.1) is 11.8 Å². The van der Waals surface area contributed by atoms with Gasteiger partial charge in [-0.25, -0.2) is 0 Å². The molecular weight excluding hydrogens is 208 g/mol. The molecule has 3 unspecified atom stereocenters. The van der Waals surface area contributed by atoms with Gasteiger partial charge in [-0.05, 0) is 36.7 Å². The molecule has 3 aliphatic carbocycles. The van der Waals surface area contributed by atoms with Gasteiger partial charge in [-0.3, -0.25) is 4.79 Å². The standard InChI is InChI=1S/C13H15ClO/c14-13-9-4-1-3-8(7-9)12-10(13)5-2-6-11(12)15/h2,5,8-9,13H,1,3-4,6-7H2. The van der Waals surface area contributed by atoms with Crippen LogP contribution in [0.15, 0.2) is 23.3 Å². The number of ketones is 1. The maximum absolute atomic E-state index is 11.9. The number of allylic oxidation sites excluding steroid dienone is 4. The first-order valence-electron chi connectivity index (χ1n) is 5.85. The summed E-state index contributed by atoms with van der Waals surface area (Å²) >= 11 is 6.46. The van der Waals surface area contributed by atoms with E-state index in [2.05, 4.69) is 6.08 Å². The zero-order valence-corrected chi connectivity index (χ0v) is 9.46. The van der Waals surface area contributed by atoms with Crippen molar-refractivity contribution in [3.63, 3.8) is 0 Å². The predicted molar refractivity (Wildman–Crippen MR) is 60.9 cm³/mol. The summed E-state index contributed by atoms with van der Waals surface area (Å²) in [6.07, 6.45) is 9.47. The van der Waals surface area contributed by atoms with E-state index in [1.165, 1.54) is 19.3 Å². The van der Waals surface area contributed by atoms with Gasteiger partial charge in [0.2, 0.25) is 0 Å². The molecule has 0 aromatic carbocycles. The number of halogens is 1. The molecule has 1 saturated carbocycles. The number of Topliss-reactive ketones (excluding diaryl/α,β-unsaturated/α-hetero) is 1. The van der Waals surface area contributed by atoms with Crippen molar-refractivity contribution in [2.75, 3.05) is 0 Å². The third-order valence-corrected chi connectivity index (χ3v) is 4.64. The van der Waals surface area contributed by atoms with Gasteiger partial charge in [0, 0.05) is 12.0 Å². The second kappa shape index (κ2) is 3.48. The summed E-state index contributed by atoms with van der Waals surface area (Å²) in [5, 5.41) is 0.0945. The predicted octanol–water partition coefficient (Wildman–Crippen LogP) is 3.24. The topological polar surface area (TPSA) is 17.1 Å². The van der Waals surface area contributed by atoms with E-state index in [0.29, 0.717) is 24.0 Å². The zero-order valence-electron chi connectivity index (χ0n) is 8.71. The van der Waals surface area contributed by atoms with Crippen LogP contribution >= 0.6 is 11.6 Å². The van der Waals surface area contributed by atoms with Gasteiger partial charge < -0.3 is 0 Å². The summed E-state index contributed by atoms with van der Waals surface area (Å²) in [5.74, 6) is 1.45. The molecule has 15 heavy (non-hydrogen) atoms. The van der Waals surface area contributed by atoms with E-state index < -0.39 is 0 Å². The maximum Gasteiger partial charge on any atom is 0.163 e. The van der Waals surface area contributed by atoms with Crippen LogP contribution in [-0.4, -0.2) is 11.2 Å². The molecule has 0 spiro atoms. The molecule has 2 bridgehead atoms. The van der Waals surface area contributed by atoms with E-state index in [1.54, 1.807) is 0 Å². The normalized spacial score (nSPS) is 39.3. The summed E-state index contributed by atoms with van der Waals surface area (Å²) < 4.78 is 0. The third-order valence-electron chi connectivity index (χ3n) is 4.05. The molecule has 0 aromatic rings. The smallest absolute Gasteiger partial charge is 0.163 e. The van der Waals surface area contributed by atoms with Gasteiger partial charge in [-0.1, -0.05) is 18.6 Å². The van der Waals surface area contributed by atoms with Gasteiger partial charge >= 0.3 is 0 Å². The zero-order chi connectivity index (χ0) is 10.4. The molecule has 0 aromatic heterocycles. The second-order valence-corrected chi connectivity index (χ2v) is 5.39. The van der Waals surface area contributed by atoms with Crippen LogP contribution in [0.3, 0.4) is 0 Å². The molecule has 2 heteroatoms. The van der Waals surface area contributed by atoms with Gasteiger partial charge in [0.1, 0.15) is 0 Å². The van der Waals surface area contributed by atoms with Crippen LogP contribution in [0.2, 0.25) is 0 Å². The van der Waals surface area contributed by atoms with Crippen molar-refractivity contribution in [2.24, 2.45) is 11.8 Å². The van der Waals surface area contributed by atoms with E-state index in [9.17, 15) is 4.79 Å². The Morgan fingerprint density at radius 1 is 1.33 bits per heavy atom. The van der Waals surface area contributed by atoms with Crippen molar-refractivity contribution in [1.82, 2.24) is 0 Å². The number of hydrogen-bond acceptors (Lipinski definition) is 1. The molecule has 0 radical (unpaired) electrons. The van der Waals surface area contributed by atoms with Gasteiger partial charge in [0.15, 0.2) is 5.78 Å². The van der Waals surface area contributed by atoms with E-state index in [4.69, 9.17) is 11.6 Å². The molecule has 0 saturated heterocycles. The number of carbonyl (C=O) groups is 1. The largest absolute Gasteiger partial charge is 0.294 e. The van der Waals surface area contributed by atoms with Crippen LogP contribution in [0.5, 0.6) is 0 Å². The Bertz CT molecular complexity index is 367. The molecule has 0 amide bonds. The number of rotatable bonds is 0. The lowest BCUT2D eigenvalue weighted by atomic mass is 9.66. The molecule has 1 fully saturated rings. The molecule has 80 valence electrons. The van der Waals surface area contributed by atoms with Gasteiger partial charge in [0.25, 0.3) is 0 Å². The first-order chi connectivity index (χ1) is 7.27.